The lowest BCUT2D eigenvalue weighted by atomic mass is 9.98. The average Bonchev–Trinajstić information content (AvgIpc) is 3.41. The van der Waals surface area contributed by atoms with Gasteiger partial charge >= 0.3 is 0 Å². The van der Waals surface area contributed by atoms with E-state index < -0.39 is 11.9 Å². The van der Waals surface area contributed by atoms with Gasteiger partial charge in [0.15, 0.2) is 5.43 Å². The van der Waals surface area contributed by atoms with Crippen molar-refractivity contribution >= 4 is 33.3 Å². The van der Waals surface area contributed by atoms with E-state index in [0.29, 0.717) is 33.8 Å². The SMILES string of the molecule is CCc1ccc2oc3c(c(=O)c2c1)C(c1cccc(OC(C)C)c1)N(c1nnc(CC)s1)C3=O. The molecule has 0 saturated heterocycles. The zero-order valence-corrected chi connectivity index (χ0v) is 20.3. The number of fused-ring (bicyclic) bond motifs is 2. The number of anilines is 1. The Kier molecular flexibility index (Phi) is 5.69. The minimum Gasteiger partial charge on any atom is -0.491 e. The number of aromatic nitrogens is 2. The highest BCUT2D eigenvalue weighted by Crippen LogP contribution is 2.42. The molecule has 0 N–H and O–H groups in total. The second kappa shape index (κ2) is 8.68. The van der Waals surface area contributed by atoms with E-state index in [1.807, 2.05) is 64.1 Å². The van der Waals surface area contributed by atoms with Crippen molar-refractivity contribution in [1.29, 1.82) is 0 Å². The number of nitrogens with zero attached hydrogens (tertiary/aromatic N) is 3. The van der Waals surface area contributed by atoms with Crippen LogP contribution in [0.4, 0.5) is 5.13 Å². The lowest BCUT2D eigenvalue weighted by molar-refractivity contribution is 0.0970. The summed E-state index contributed by atoms with van der Waals surface area (Å²) in [6, 6.07) is 12.3. The number of amides is 1. The Bertz CT molecular complexity index is 1460. The molecule has 1 amide bonds. The van der Waals surface area contributed by atoms with Gasteiger partial charge in [0.05, 0.1) is 23.1 Å². The van der Waals surface area contributed by atoms with Crippen LogP contribution >= 0.6 is 11.3 Å². The lowest BCUT2D eigenvalue weighted by Gasteiger charge is -2.22. The summed E-state index contributed by atoms with van der Waals surface area (Å²) in [4.78, 5) is 29.0. The third-order valence-corrected chi connectivity index (χ3v) is 6.92. The van der Waals surface area contributed by atoms with E-state index in [0.717, 1.165) is 22.6 Å². The molecule has 1 atom stereocenters. The van der Waals surface area contributed by atoms with E-state index in [-0.39, 0.29) is 17.3 Å². The summed E-state index contributed by atoms with van der Waals surface area (Å²) in [5.41, 5.74) is 2.29. The van der Waals surface area contributed by atoms with Crippen LogP contribution in [0.15, 0.2) is 51.7 Å². The van der Waals surface area contributed by atoms with Crippen LogP contribution in [-0.4, -0.2) is 22.2 Å². The van der Waals surface area contributed by atoms with E-state index >= 15 is 0 Å². The van der Waals surface area contributed by atoms with Crippen LogP contribution in [0, 0.1) is 0 Å². The predicted molar refractivity (Wildman–Crippen MR) is 132 cm³/mol. The fourth-order valence-corrected chi connectivity index (χ4v) is 5.07. The van der Waals surface area contributed by atoms with Crippen LogP contribution in [0.5, 0.6) is 5.75 Å². The minimum atomic E-state index is -0.693. The van der Waals surface area contributed by atoms with Crippen LogP contribution in [0.25, 0.3) is 11.0 Å². The molecule has 7 nitrogen and oxygen atoms in total. The van der Waals surface area contributed by atoms with Gasteiger partial charge in [-0.05, 0) is 62.1 Å². The monoisotopic (exact) mass is 475 g/mol. The van der Waals surface area contributed by atoms with Crippen molar-refractivity contribution < 1.29 is 13.9 Å². The van der Waals surface area contributed by atoms with Crippen molar-refractivity contribution in [3.8, 4) is 5.75 Å². The minimum absolute atomic E-state index is 0.0133. The van der Waals surface area contributed by atoms with Gasteiger partial charge in [0.25, 0.3) is 5.91 Å². The fourth-order valence-electron chi connectivity index (χ4n) is 4.27. The molecule has 1 aliphatic rings. The quantitative estimate of drug-likeness (QED) is 0.376. The van der Waals surface area contributed by atoms with Crippen molar-refractivity contribution in [3.63, 3.8) is 0 Å². The van der Waals surface area contributed by atoms with Crippen LogP contribution in [0.2, 0.25) is 0 Å². The van der Waals surface area contributed by atoms with Gasteiger partial charge in [-0.25, -0.2) is 0 Å². The van der Waals surface area contributed by atoms with Gasteiger partial charge in [0, 0.05) is 0 Å². The normalized spacial score (nSPS) is 15.4. The third-order valence-electron chi connectivity index (χ3n) is 5.85. The van der Waals surface area contributed by atoms with Gasteiger partial charge in [0.1, 0.15) is 16.3 Å². The lowest BCUT2D eigenvalue weighted by Crippen LogP contribution is -2.29. The molecule has 174 valence electrons. The van der Waals surface area contributed by atoms with Crippen LogP contribution in [-0.2, 0) is 12.8 Å². The maximum atomic E-state index is 13.8. The molecular weight excluding hydrogens is 450 g/mol. The van der Waals surface area contributed by atoms with Gasteiger partial charge in [-0.2, -0.15) is 0 Å². The van der Waals surface area contributed by atoms with Crippen molar-refractivity contribution in [2.24, 2.45) is 0 Å². The first-order valence-electron chi connectivity index (χ1n) is 11.4. The van der Waals surface area contributed by atoms with E-state index in [4.69, 9.17) is 9.15 Å². The Hall–Kier alpha value is -3.52. The molecule has 3 heterocycles. The molecule has 2 aromatic carbocycles. The summed E-state index contributed by atoms with van der Waals surface area (Å²) >= 11 is 1.34. The fraction of sp³-hybridized carbons (Fsp3) is 0.308. The Morgan fingerprint density at radius 2 is 1.91 bits per heavy atom. The van der Waals surface area contributed by atoms with E-state index in [9.17, 15) is 9.59 Å². The Balaban J connectivity index is 1.76. The molecular formula is C26H25N3O4S. The average molecular weight is 476 g/mol. The van der Waals surface area contributed by atoms with Gasteiger partial charge < -0.3 is 9.15 Å². The highest BCUT2D eigenvalue weighted by atomic mass is 32.1. The number of ether oxygens (including phenoxy) is 1. The molecule has 1 aliphatic heterocycles. The number of carbonyl (C=O) groups is 1. The number of hydrogen-bond donors (Lipinski definition) is 0. The molecule has 8 heteroatoms. The first-order chi connectivity index (χ1) is 16.4. The second-order valence-corrected chi connectivity index (χ2v) is 9.55. The van der Waals surface area contributed by atoms with Gasteiger partial charge in [-0.3, -0.25) is 14.5 Å². The number of benzene rings is 2. The van der Waals surface area contributed by atoms with Crippen molar-refractivity contribution in [2.45, 2.75) is 52.7 Å². The zero-order valence-electron chi connectivity index (χ0n) is 19.5. The number of hydrogen-bond acceptors (Lipinski definition) is 7. The molecule has 0 spiro atoms. The van der Waals surface area contributed by atoms with E-state index in [1.54, 1.807) is 6.07 Å². The number of rotatable bonds is 6. The summed E-state index contributed by atoms with van der Waals surface area (Å²) in [6.07, 6.45) is 1.48. The van der Waals surface area contributed by atoms with E-state index in [2.05, 4.69) is 10.2 Å². The number of carbonyl (C=O) groups excluding carboxylic acids is 1. The molecule has 0 fully saturated rings. The maximum absolute atomic E-state index is 13.8. The summed E-state index contributed by atoms with van der Waals surface area (Å²) in [5, 5.41) is 10.2. The topological polar surface area (TPSA) is 85.5 Å². The highest BCUT2D eigenvalue weighted by Gasteiger charge is 2.45. The predicted octanol–water partition coefficient (Wildman–Crippen LogP) is 5.31. The third kappa shape index (κ3) is 3.68. The molecule has 5 rings (SSSR count). The second-order valence-electron chi connectivity index (χ2n) is 8.51. The van der Waals surface area contributed by atoms with Gasteiger partial charge in [-0.1, -0.05) is 43.4 Å². The molecule has 0 radical (unpaired) electrons. The molecule has 2 aromatic heterocycles. The molecule has 0 aliphatic carbocycles. The largest absolute Gasteiger partial charge is 0.491 e. The zero-order chi connectivity index (χ0) is 24.0. The molecule has 4 aromatic rings. The van der Waals surface area contributed by atoms with Crippen LogP contribution < -0.4 is 15.1 Å². The summed E-state index contributed by atoms with van der Waals surface area (Å²) in [5.74, 6) is 0.320. The standard InChI is InChI=1S/C26H25N3O4S/c1-5-15-10-11-19-18(12-15)23(30)21-22(16-8-7-9-17(13-16)32-14(3)4)29(25(31)24(21)33-19)26-28-27-20(6-2)34-26/h7-14,22H,5-6H2,1-4H3. The summed E-state index contributed by atoms with van der Waals surface area (Å²) in [7, 11) is 0. The van der Waals surface area contributed by atoms with Crippen LogP contribution in [0.3, 0.4) is 0 Å². The molecule has 1 unspecified atom stereocenters. The van der Waals surface area contributed by atoms with Gasteiger partial charge in [-0.15, -0.1) is 10.2 Å². The van der Waals surface area contributed by atoms with Gasteiger partial charge in [0.2, 0.25) is 10.9 Å². The first kappa shape index (κ1) is 22.3. The Morgan fingerprint density at radius 3 is 2.62 bits per heavy atom. The Labute approximate surface area is 201 Å². The van der Waals surface area contributed by atoms with Crippen molar-refractivity contribution in [1.82, 2.24) is 10.2 Å². The van der Waals surface area contributed by atoms with E-state index in [1.165, 1.54) is 16.2 Å². The molecule has 34 heavy (non-hydrogen) atoms. The summed E-state index contributed by atoms with van der Waals surface area (Å²) in [6.45, 7) is 7.92. The first-order valence-corrected chi connectivity index (χ1v) is 12.2. The molecule has 0 saturated carbocycles. The van der Waals surface area contributed by atoms with Crippen molar-refractivity contribution in [2.75, 3.05) is 4.90 Å². The maximum Gasteiger partial charge on any atom is 0.297 e. The van der Waals surface area contributed by atoms with Crippen molar-refractivity contribution in [3.05, 3.63) is 80.1 Å². The smallest absolute Gasteiger partial charge is 0.297 e. The highest BCUT2D eigenvalue weighted by molar-refractivity contribution is 7.15. The summed E-state index contributed by atoms with van der Waals surface area (Å²) < 4.78 is 12.0. The van der Waals surface area contributed by atoms with Crippen LogP contribution in [0.1, 0.15) is 66.0 Å². The Morgan fingerprint density at radius 1 is 1.09 bits per heavy atom. The molecule has 0 bridgehead atoms. The number of aryl methyl sites for hydroxylation is 2.